The minimum atomic E-state index is -1.29. The Hall–Kier alpha value is -3.84. The molecule has 3 heterocycles. The molecule has 1 saturated carbocycles. The fourth-order valence-electron chi connectivity index (χ4n) is 10.8. The summed E-state index contributed by atoms with van der Waals surface area (Å²) in [6.45, 7) is 14.2. The van der Waals surface area contributed by atoms with Gasteiger partial charge in [-0.1, -0.05) is 65.3 Å². The number of carbonyl (C=O) groups is 5. The molecule has 3 aliphatic heterocycles. The van der Waals surface area contributed by atoms with Gasteiger partial charge in [-0.15, -0.1) is 0 Å². The number of Topliss-reactive ketones (excluding diaryl/α,β-unsaturated/α-hetero) is 3. The zero-order valence-corrected chi connectivity index (χ0v) is 45.2. The van der Waals surface area contributed by atoms with E-state index in [0.717, 1.165) is 37.7 Å². The number of hydrazone groups is 1. The van der Waals surface area contributed by atoms with E-state index in [0.29, 0.717) is 63.5 Å². The van der Waals surface area contributed by atoms with Gasteiger partial charge in [-0.25, -0.2) is 10.3 Å². The lowest BCUT2D eigenvalue weighted by Gasteiger charge is -2.39. The maximum Gasteiger partial charge on any atom is 0.329 e. The topological polar surface area (TPSA) is 217 Å². The van der Waals surface area contributed by atoms with Crippen LogP contribution < -0.4 is 5.53 Å². The van der Waals surface area contributed by atoms with Crippen LogP contribution in [0.3, 0.4) is 0 Å². The number of nitrogens with zero attached hydrogens (tertiary/aromatic N) is 4. The normalized spacial score (nSPS) is 35.0. The number of cyclic esters (lactones) is 1. The third kappa shape index (κ3) is 18.8. The number of piperidine rings is 1. The number of nitrogens with one attached hydrogen (secondary N) is 1. The number of esters is 1. The number of ether oxygens (including phenoxy) is 5. The van der Waals surface area contributed by atoms with Crippen molar-refractivity contribution in [3.05, 3.63) is 40.9 Å². The van der Waals surface area contributed by atoms with E-state index in [1.165, 1.54) is 18.3 Å². The van der Waals surface area contributed by atoms with Gasteiger partial charge >= 0.3 is 5.97 Å². The molecule has 3 unspecified atom stereocenters. The van der Waals surface area contributed by atoms with Crippen molar-refractivity contribution in [3.8, 4) is 0 Å². The van der Waals surface area contributed by atoms with E-state index in [9.17, 15) is 34.2 Å². The van der Waals surface area contributed by atoms with Gasteiger partial charge in [0.15, 0.2) is 5.78 Å². The second-order valence-corrected chi connectivity index (χ2v) is 21.4. The first-order chi connectivity index (χ1) is 34.4. The molecule has 0 aromatic carbocycles. The molecule has 72 heavy (non-hydrogen) atoms. The summed E-state index contributed by atoms with van der Waals surface area (Å²) in [5.74, 6) is -3.37. The molecule has 0 aromatic heterocycles. The highest BCUT2D eigenvalue weighted by atomic mass is 16.5. The fraction of sp³-hybridized carbons (Fsp3) is 0.782. The molecule has 0 aromatic rings. The molecule has 17 heteroatoms. The maximum atomic E-state index is 14.4. The summed E-state index contributed by atoms with van der Waals surface area (Å²) < 4.78 is 30.2. The molecule has 408 valence electrons. The van der Waals surface area contributed by atoms with E-state index in [1.807, 2.05) is 27.7 Å². The molecule has 1 amide bonds. The summed E-state index contributed by atoms with van der Waals surface area (Å²) in [6.07, 6.45) is 14.0. The second kappa shape index (κ2) is 31.1. The van der Waals surface area contributed by atoms with E-state index in [-0.39, 0.29) is 92.1 Å². The van der Waals surface area contributed by atoms with Gasteiger partial charge in [0.05, 0.1) is 24.9 Å². The molecule has 4 rings (SSSR count). The molecule has 3 N–H and O–H groups in total. The van der Waals surface area contributed by atoms with Gasteiger partial charge in [0, 0.05) is 78.0 Å². The molecule has 1 aliphatic carbocycles. The van der Waals surface area contributed by atoms with Crippen LogP contribution in [-0.2, 0) is 47.7 Å². The zero-order valence-electron chi connectivity index (χ0n) is 45.2. The number of rotatable bonds is 12. The predicted octanol–water partition coefficient (Wildman–Crippen LogP) is 7.39. The van der Waals surface area contributed by atoms with Crippen LogP contribution in [0, 0.1) is 41.4 Å². The minimum absolute atomic E-state index is 0.000216. The van der Waals surface area contributed by atoms with E-state index < -0.39 is 53.8 Å². The number of aliphatic hydroxyl groups is 2. The molecule has 0 bridgehead atoms. The number of methoxy groups -OCH3 is 3. The van der Waals surface area contributed by atoms with E-state index in [4.69, 9.17) is 23.7 Å². The summed E-state index contributed by atoms with van der Waals surface area (Å²) in [6, 6.07) is -1.01. The van der Waals surface area contributed by atoms with Crippen LogP contribution in [0.15, 0.2) is 40.6 Å². The Kier molecular flexibility index (Phi) is 26.3. The van der Waals surface area contributed by atoms with Crippen molar-refractivity contribution in [1.29, 1.82) is 0 Å². The number of allylic oxidation sites excluding steroid dienone is 4. The number of hydrazine groups is 1. The summed E-state index contributed by atoms with van der Waals surface area (Å²) in [4.78, 5) is 71.5. The second-order valence-electron chi connectivity index (χ2n) is 21.4. The average molecular weight is 1010 g/mol. The van der Waals surface area contributed by atoms with Crippen molar-refractivity contribution in [2.75, 3.05) is 47.6 Å². The van der Waals surface area contributed by atoms with Crippen molar-refractivity contribution >= 4 is 35.6 Å². The van der Waals surface area contributed by atoms with Crippen molar-refractivity contribution < 1.29 is 57.9 Å². The van der Waals surface area contributed by atoms with Crippen LogP contribution in [0.2, 0.25) is 0 Å². The van der Waals surface area contributed by atoms with Crippen molar-refractivity contribution in [1.82, 2.24) is 15.6 Å². The Morgan fingerprint density at radius 1 is 0.944 bits per heavy atom. The Morgan fingerprint density at radius 3 is 2.39 bits per heavy atom. The van der Waals surface area contributed by atoms with Gasteiger partial charge in [0.2, 0.25) is 5.78 Å². The van der Waals surface area contributed by atoms with Gasteiger partial charge in [-0.2, -0.15) is 0 Å². The smallest absolute Gasteiger partial charge is 0.329 e. The lowest BCUT2D eigenvalue weighted by Crippen LogP contribution is -2.52. The molecule has 2 fully saturated rings. The molecular weight excluding hydrogens is 923 g/mol. The Bertz CT molecular complexity index is 1860. The fourth-order valence-corrected chi connectivity index (χ4v) is 10.8. The van der Waals surface area contributed by atoms with Gasteiger partial charge in [0.25, 0.3) is 5.91 Å². The van der Waals surface area contributed by atoms with Crippen molar-refractivity contribution in [2.24, 2.45) is 46.5 Å². The van der Waals surface area contributed by atoms with Crippen LogP contribution in [0.5, 0.6) is 0 Å². The number of hydrogen-bond donors (Lipinski definition) is 3. The quantitative estimate of drug-likeness (QED) is 0.0987. The molecule has 0 radical (unpaired) electrons. The molecule has 0 spiro atoms. The molecule has 17 nitrogen and oxygen atoms in total. The van der Waals surface area contributed by atoms with E-state index in [1.54, 1.807) is 39.3 Å². The molecule has 1 saturated heterocycles. The Labute approximate surface area is 430 Å². The van der Waals surface area contributed by atoms with Crippen LogP contribution in [-0.4, -0.2) is 146 Å². The lowest BCUT2D eigenvalue weighted by molar-refractivity contribution is -0.166. The number of ketones is 3. The van der Waals surface area contributed by atoms with Crippen LogP contribution in [0.25, 0.3) is 5.43 Å². The first-order valence-corrected chi connectivity index (χ1v) is 26.8. The van der Waals surface area contributed by atoms with Crippen molar-refractivity contribution in [2.45, 2.75) is 187 Å². The van der Waals surface area contributed by atoms with Gasteiger partial charge in [0.1, 0.15) is 30.1 Å². The van der Waals surface area contributed by atoms with E-state index >= 15 is 0 Å². The van der Waals surface area contributed by atoms with Gasteiger partial charge in [-0.05, 0) is 126 Å². The highest BCUT2D eigenvalue weighted by Crippen LogP contribution is 2.37. The first-order valence-electron chi connectivity index (χ1n) is 26.8. The highest BCUT2D eigenvalue weighted by molar-refractivity contribution is 6.36. The number of carbonyl (C=O) groups excluding carboxylic acids is 5. The number of hydrogen-bond acceptors (Lipinski definition) is 15. The SMILES string of the molecule is COC1C[C@H](CC(C)[C@@H]2CC(=O)[C@H](C)/C=C(\C)[C@@H](O)[C@@H](OC)C(=O)[C@@H](C)C[C@H](C)/C=C/CC/C=C(\C)[C@@H](OC)C[C@H](CCC(C)CO)OCCC(=O)C(=O)N3CCCC[C@H]3C(=O)O2)CC[C@@H]1CN1N=C[N-]N1. The van der Waals surface area contributed by atoms with Crippen LogP contribution in [0.4, 0.5) is 0 Å². The predicted molar refractivity (Wildman–Crippen MR) is 276 cm³/mol. The molecule has 14 atom stereocenters. The van der Waals surface area contributed by atoms with Crippen LogP contribution >= 0.6 is 0 Å². The standard InChI is InChI=1S/C55H91N5O12/c1-35-16-12-11-13-17-37(3)48(68-8)30-44(22-19-36(2)33-61)71-25-23-46(62)54(66)59-24-15-14-18-45(59)55(67)72-49(31-47(63)38(4)27-41(7)52(65)53(70-10)51(64)40(6)26-35)39(5)28-42-20-21-43(50(29-42)69-9)32-60-57-34-56-58-60/h12,16-17,27,34-36,38-40,42-45,48-50,52-53,61,65H,11,13-15,18-26,28-33H2,1-10H3,(H2,56,57,58,62,66)/p-1/b16-12+,37-17+,41-27+/t35-,36?,38-,39?,40+,42+,43-,44+,45+,48+,49+,50?,52-,53+/m1/s1. The summed E-state index contributed by atoms with van der Waals surface area (Å²) in [5, 5.41) is 27.2. The Balaban J connectivity index is 1.62. The molecule has 4 aliphatic rings. The van der Waals surface area contributed by atoms with Crippen LogP contribution in [0.1, 0.15) is 145 Å². The van der Waals surface area contributed by atoms with E-state index in [2.05, 4.69) is 41.2 Å². The number of fused-ring (bicyclic) bond motifs is 1. The average Bonchev–Trinajstić information content (AvgIpc) is 3.89. The summed E-state index contributed by atoms with van der Waals surface area (Å²) >= 11 is 0. The van der Waals surface area contributed by atoms with Gasteiger partial charge in [-0.3, -0.25) is 19.2 Å². The maximum absolute atomic E-state index is 14.4. The number of aliphatic hydroxyl groups excluding tert-OH is 2. The molecular formula is C55H90N5O12-. The lowest BCUT2D eigenvalue weighted by atomic mass is 9.75. The zero-order chi connectivity index (χ0) is 52.9. The third-order valence-corrected chi connectivity index (χ3v) is 15.5. The third-order valence-electron chi connectivity index (χ3n) is 15.5. The number of amides is 1. The van der Waals surface area contributed by atoms with Gasteiger partial charge < -0.3 is 54.4 Å². The summed E-state index contributed by atoms with van der Waals surface area (Å²) in [7, 11) is 4.77. The monoisotopic (exact) mass is 1010 g/mol. The summed E-state index contributed by atoms with van der Waals surface area (Å²) in [5.41, 5.74) is 8.30. The Morgan fingerprint density at radius 2 is 1.71 bits per heavy atom. The minimum Gasteiger partial charge on any atom is -0.460 e. The first kappa shape index (κ1) is 60.7. The highest BCUT2D eigenvalue weighted by Gasteiger charge is 2.40. The van der Waals surface area contributed by atoms with Crippen molar-refractivity contribution in [3.63, 3.8) is 0 Å². The largest absolute Gasteiger partial charge is 0.460 e.